The van der Waals surface area contributed by atoms with Gasteiger partial charge in [0.15, 0.2) is 8.32 Å². The van der Waals surface area contributed by atoms with E-state index in [9.17, 15) is 18.0 Å². The highest BCUT2D eigenvalue weighted by atomic mass is 28.4. The number of carbonyl (C=O) groups is 1. The summed E-state index contributed by atoms with van der Waals surface area (Å²) in [6.07, 6.45) is -0.620. The number of fused-ring (bicyclic) bond motifs is 2. The Labute approximate surface area is 254 Å². The van der Waals surface area contributed by atoms with Crippen LogP contribution in [0.2, 0.25) is 18.1 Å². The average Bonchev–Trinajstić information content (AvgIpc) is 3.52. The van der Waals surface area contributed by atoms with Crippen molar-refractivity contribution in [2.24, 2.45) is 5.41 Å². The first-order valence-corrected chi connectivity index (χ1v) is 18.5. The van der Waals surface area contributed by atoms with Crippen LogP contribution in [0, 0.1) is 5.41 Å². The molecule has 5 atom stereocenters. The minimum atomic E-state index is -4.47. The molecule has 4 heterocycles. The number of nitrogens with zero attached hydrogens (tertiary/aromatic N) is 3. The minimum Gasteiger partial charge on any atom is -0.416 e. The van der Waals surface area contributed by atoms with Crippen molar-refractivity contribution in [3.8, 4) is 0 Å². The van der Waals surface area contributed by atoms with Crippen molar-refractivity contribution in [1.29, 1.82) is 0 Å². The third-order valence-corrected chi connectivity index (χ3v) is 15.3. The molecular formula is C31H48F3N3O5Si. The predicted molar refractivity (Wildman–Crippen MR) is 158 cm³/mol. The lowest BCUT2D eigenvalue weighted by Crippen LogP contribution is -2.55. The van der Waals surface area contributed by atoms with Gasteiger partial charge in [-0.1, -0.05) is 20.8 Å². The number of carbonyl (C=O) groups excluding carboxylic acids is 1. The second kappa shape index (κ2) is 12.3. The van der Waals surface area contributed by atoms with Crippen molar-refractivity contribution in [2.75, 3.05) is 46.6 Å². The summed E-state index contributed by atoms with van der Waals surface area (Å²) in [5.74, 6) is -0.00620. The lowest BCUT2D eigenvalue weighted by molar-refractivity contribution is -0.145. The van der Waals surface area contributed by atoms with Crippen molar-refractivity contribution in [1.82, 2.24) is 14.8 Å². The highest BCUT2D eigenvalue weighted by Crippen LogP contribution is 2.51. The van der Waals surface area contributed by atoms with Gasteiger partial charge in [0.2, 0.25) is 5.91 Å². The van der Waals surface area contributed by atoms with Gasteiger partial charge in [0.05, 0.1) is 29.8 Å². The molecule has 1 saturated carbocycles. The molecule has 3 fully saturated rings. The summed E-state index contributed by atoms with van der Waals surface area (Å²) < 4.78 is 64.7. The topological polar surface area (TPSA) is 73.4 Å². The number of aromatic nitrogens is 1. The summed E-state index contributed by atoms with van der Waals surface area (Å²) in [5, 5.41) is 0.101. The molecule has 1 aliphatic carbocycles. The van der Waals surface area contributed by atoms with Gasteiger partial charge >= 0.3 is 6.18 Å². The molecule has 12 heteroatoms. The number of hydrogen-bond donors (Lipinski definition) is 0. The van der Waals surface area contributed by atoms with Gasteiger partial charge in [-0.05, 0) is 55.4 Å². The first kappa shape index (κ1) is 32.8. The number of methoxy groups -OCH3 is 1. The zero-order chi connectivity index (χ0) is 31.2. The maximum Gasteiger partial charge on any atom is 0.417 e. The lowest BCUT2D eigenvalue weighted by Gasteiger charge is -2.44. The fourth-order valence-electron chi connectivity index (χ4n) is 7.18. The summed E-state index contributed by atoms with van der Waals surface area (Å²) in [6, 6.07) is 1.37. The molecule has 3 aliphatic heterocycles. The predicted octanol–water partition coefficient (Wildman–Crippen LogP) is 5.05. The average molecular weight is 628 g/mol. The van der Waals surface area contributed by atoms with Crippen LogP contribution < -0.4 is 0 Å². The quantitative estimate of drug-likeness (QED) is 0.374. The number of rotatable bonds is 8. The van der Waals surface area contributed by atoms with Crippen LogP contribution >= 0.6 is 0 Å². The number of hydrogen-bond acceptors (Lipinski definition) is 7. The Hall–Kier alpha value is -1.57. The van der Waals surface area contributed by atoms with E-state index < -0.39 is 25.5 Å². The molecule has 0 bridgehead atoms. The molecule has 0 spiro atoms. The van der Waals surface area contributed by atoms with E-state index in [-0.39, 0.29) is 41.8 Å². The minimum absolute atomic E-state index is 0.00620. The SMILES string of the molecule is CO[C@@H]1COCC[C@@H]1N(CCO[Si](C)(C)C(C)(C)C)[C@@H]1C[C@H]2OCC[C@@]2(C(=O)N2CCc3ncc(C(F)(F)F)cc3C2)C1. The van der Waals surface area contributed by atoms with Crippen LogP contribution in [0.3, 0.4) is 0 Å². The zero-order valence-electron chi connectivity index (χ0n) is 26.5. The monoisotopic (exact) mass is 627 g/mol. The molecular weight excluding hydrogens is 579 g/mol. The largest absolute Gasteiger partial charge is 0.417 e. The second-order valence-corrected chi connectivity index (χ2v) is 19.0. The Kier molecular flexibility index (Phi) is 9.40. The van der Waals surface area contributed by atoms with E-state index >= 15 is 0 Å². The van der Waals surface area contributed by atoms with Crippen molar-refractivity contribution < 1.29 is 36.6 Å². The van der Waals surface area contributed by atoms with Crippen molar-refractivity contribution in [2.45, 2.75) is 108 Å². The second-order valence-electron chi connectivity index (χ2n) is 14.2. The highest BCUT2D eigenvalue weighted by Gasteiger charge is 2.59. The maximum atomic E-state index is 14.3. The normalized spacial score (nSPS) is 30.0. The van der Waals surface area contributed by atoms with Gasteiger partial charge in [0.25, 0.3) is 0 Å². The van der Waals surface area contributed by atoms with Gasteiger partial charge in [-0.2, -0.15) is 13.2 Å². The fraction of sp³-hybridized carbons (Fsp3) is 0.806. The molecule has 0 unspecified atom stereocenters. The van der Waals surface area contributed by atoms with Crippen LogP contribution in [0.4, 0.5) is 13.2 Å². The maximum absolute atomic E-state index is 14.3. The summed E-state index contributed by atoms with van der Waals surface area (Å²) >= 11 is 0. The molecule has 0 aromatic carbocycles. The van der Waals surface area contributed by atoms with E-state index in [0.29, 0.717) is 63.5 Å². The molecule has 43 heavy (non-hydrogen) atoms. The van der Waals surface area contributed by atoms with Crippen molar-refractivity contribution in [3.05, 3.63) is 29.1 Å². The Morgan fingerprint density at radius 3 is 2.72 bits per heavy atom. The van der Waals surface area contributed by atoms with Gasteiger partial charge in [0, 0.05) is 77.0 Å². The van der Waals surface area contributed by atoms with Gasteiger partial charge in [-0.3, -0.25) is 14.7 Å². The van der Waals surface area contributed by atoms with E-state index in [1.165, 1.54) is 0 Å². The van der Waals surface area contributed by atoms with E-state index in [4.69, 9.17) is 18.6 Å². The van der Waals surface area contributed by atoms with Crippen LogP contribution in [-0.4, -0.2) is 99.9 Å². The van der Waals surface area contributed by atoms with Crippen molar-refractivity contribution >= 4 is 14.2 Å². The summed E-state index contributed by atoms with van der Waals surface area (Å²) in [6.45, 7) is 14.8. The molecule has 242 valence electrons. The van der Waals surface area contributed by atoms with Gasteiger partial charge < -0.3 is 23.5 Å². The van der Waals surface area contributed by atoms with Crippen LogP contribution in [0.15, 0.2) is 12.3 Å². The smallest absolute Gasteiger partial charge is 0.416 e. The fourth-order valence-corrected chi connectivity index (χ4v) is 8.22. The first-order chi connectivity index (χ1) is 20.2. The first-order valence-electron chi connectivity index (χ1n) is 15.6. The van der Waals surface area contributed by atoms with E-state index in [0.717, 1.165) is 31.6 Å². The molecule has 1 aromatic rings. The molecule has 4 aliphatic rings. The molecule has 1 aromatic heterocycles. The van der Waals surface area contributed by atoms with E-state index in [1.807, 2.05) is 0 Å². The Morgan fingerprint density at radius 1 is 1.26 bits per heavy atom. The number of halogens is 3. The number of pyridine rings is 1. The third kappa shape index (κ3) is 6.56. The Balaban J connectivity index is 1.36. The molecule has 0 N–H and O–H groups in total. The molecule has 1 amide bonds. The molecule has 5 rings (SSSR count). The van der Waals surface area contributed by atoms with Crippen molar-refractivity contribution in [3.63, 3.8) is 0 Å². The Morgan fingerprint density at radius 2 is 2.02 bits per heavy atom. The van der Waals surface area contributed by atoms with E-state index in [1.54, 1.807) is 12.0 Å². The van der Waals surface area contributed by atoms with Gasteiger partial charge in [-0.15, -0.1) is 0 Å². The van der Waals surface area contributed by atoms with Crippen LogP contribution in [-0.2, 0) is 42.6 Å². The molecule has 8 nitrogen and oxygen atoms in total. The lowest BCUT2D eigenvalue weighted by atomic mass is 9.80. The summed E-state index contributed by atoms with van der Waals surface area (Å²) in [7, 11) is -0.229. The highest BCUT2D eigenvalue weighted by molar-refractivity contribution is 6.74. The number of ether oxygens (including phenoxy) is 3. The van der Waals surface area contributed by atoms with Gasteiger partial charge in [-0.25, -0.2) is 0 Å². The third-order valence-electron chi connectivity index (χ3n) is 10.7. The number of amides is 1. The number of alkyl halides is 3. The van der Waals surface area contributed by atoms with E-state index in [2.05, 4.69) is 43.7 Å². The van der Waals surface area contributed by atoms with Crippen LogP contribution in [0.1, 0.15) is 63.3 Å². The van der Waals surface area contributed by atoms with Gasteiger partial charge in [0.1, 0.15) is 0 Å². The zero-order valence-corrected chi connectivity index (χ0v) is 27.5. The van der Waals surface area contributed by atoms with Crippen LogP contribution in [0.25, 0.3) is 0 Å². The summed E-state index contributed by atoms with van der Waals surface area (Å²) in [4.78, 5) is 22.7. The molecule has 0 radical (unpaired) electrons. The summed E-state index contributed by atoms with van der Waals surface area (Å²) in [5.41, 5.74) is -0.355. The molecule has 2 saturated heterocycles. The van der Waals surface area contributed by atoms with Crippen LogP contribution in [0.5, 0.6) is 0 Å². The Bertz CT molecular complexity index is 1160. The standard InChI is InChI=1S/C31H48F3N3O5Si/c1-29(2,3)43(5,6)42-14-11-37(25-8-12-40-20-26(25)39-4)23-16-27-30(17-23,9-13-41-27)28(38)36-10-7-24-21(19-36)15-22(18-35-24)31(32,33)34/h15,18,23,25-27H,7-14,16-17,19-20H2,1-6H3/t23-,25+,26-,27-,30-/m1/s1.